The van der Waals surface area contributed by atoms with Crippen LogP contribution in [0.2, 0.25) is 0 Å². The van der Waals surface area contributed by atoms with Crippen LogP contribution in [0.25, 0.3) is 0 Å². The van der Waals surface area contributed by atoms with Gasteiger partial charge in [-0.05, 0) is 31.4 Å². The third-order valence-corrected chi connectivity index (χ3v) is 4.29. The summed E-state index contributed by atoms with van der Waals surface area (Å²) in [4.78, 5) is 37.9. The van der Waals surface area contributed by atoms with Crippen molar-refractivity contribution in [2.75, 3.05) is 26.2 Å². The van der Waals surface area contributed by atoms with E-state index in [0.717, 1.165) is 19.3 Å². The van der Waals surface area contributed by atoms with Crippen molar-refractivity contribution in [2.24, 2.45) is 5.73 Å². The summed E-state index contributed by atoms with van der Waals surface area (Å²) in [6, 6.07) is 8.77. The van der Waals surface area contributed by atoms with Crippen LogP contribution in [0.4, 0.5) is 0 Å². The highest BCUT2D eigenvalue weighted by atomic mass is 16.2. The molecule has 1 atom stereocenters. The summed E-state index contributed by atoms with van der Waals surface area (Å²) in [7, 11) is 0. The number of piperidine rings is 1. The molecule has 0 bridgehead atoms. The molecule has 7 heteroatoms. The molecule has 0 radical (unpaired) electrons. The predicted octanol–water partition coefficient (Wildman–Crippen LogP) is 0.263. The Bertz CT molecular complexity index is 591. The molecule has 0 aromatic heterocycles. The van der Waals surface area contributed by atoms with Gasteiger partial charge in [0.1, 0.15) is 0 Å². The van der Waals surface area contributed by atoms with Crippen LogP contribution in [0, 0.1) is 0 Å². The largest absolute Gasteiger partial charge is 0.354 e. The number of nitrogens with zero attached hydrogens (tertiary/aromatic N) is 1. The zero-order chi connectivity index (χ0) is 18.1. The lowest BCUT2D eigenvalue weighted by Gasteiger charge is -2.36. The quantitative estimate of drug-likeness (QED) is 0.659. The Morgan fingerprint density at radius 3 is 2.60 bits per heavy atom. The van der Waals surface area contributed by atoms with Crippen molar-refractivity contribution in [1.29, 1.82) is 0 Å². The molecule has 1 fully saturated rings. The molecule has 0 aliphatic carbocycles. The first-order valence-electron chi connectivity index (χ1n) is 8.71. The standard InChI is InChI=1S/C18H26N4O3/c19-10-9-16(23)20-12-15-8-4-5-11-22(15)17(24)13-21-18(25)14-6-2-1-3-7-14/h1-3,6-7,15H,4-5,8-13,19H2,(H,20,23)(H,21,25). The number of carbonyl (C=O) groups excluding carboxylic acids is 3. The summed E-state index contributed by atoms with van der Waals surface area (Å²) in [6.07, 6.45) is 3.10. The van der Waals surface area contributed by atoms with Crippen LogP contribution in [-0.2, 0) is 9.59 Å². The molecule has 4 N–H and O–H groups in total. The molecule has 136 valence electrons. The molecule has 0 saturated carbocycles. The minimum Gasteiger partial charge on any atom is -0.354 e. The molecule has 1 aliphatic rings. The van der Waals surface area contributed by atoms with Gasteiger partial charge in [0.25, 0.3) is 5.91 Å². The third-order valence-electron chi connectivity index (χ3n) is 4.29. The van der Waals surface area contributed by atoms with Gasteiger partial charge < -0.3 is 21.3 Å². The van der Waals surface area contributed by atoms with Gasteiger partial charge in [-0.15, -0.1) is 0 Å². The lowest BCUT2D eigenvalue weighted by Crippen LogP contribution is -2.52. The van der Waals surface area contributed by atoms with E-state index in [1.807, 2.05) is 6.07 Å². The van der Waals surface area contributed by atoms with Crippen LogP contribution >= 0.6 is 0 Å². The topological polar surface area (TPSA) is 105 Å². The van der Waals surface area contributed by atoms with E-state index >= 15 is 0 Å². The maximum absolute atomic E-state index is 12.5. The lowest BCUT2D eigenvalue weighted by atomic mass is 10.0. The number of likely N-dealkylation sites (tertiary alicyclic amines) is 1. The number of nitrogens with one attached hydrogen (secondary N) is 2. The molecule has 3 amide bonds. The normalized spacial score (nSPS) is 17.0. The molecular weight excluding hydrogens is 320 g/mol. The van der Waals surface area contributed by atoms with Crippen molar-refractivity contribution in [2.45, 2.75) is 31.7 Å². The minimum atomic E-state index is -0.265. The molecule has 2 rings (SSSR count). The number of nitrogens with two attached hydrogens (primary N) is 1. The molecule has 1 aliphatic heterocycles. The second kappa shape index (κ2) is 9.78. The number of hydrogen-bond donors (Lipinski definition) is 3. The fourth-order valence-electron chi connectivity index (χ4n) is 2.94. The fraction of sp³-hybridized carbons (Fsp3) is 0.500. The maximum Gasteiger partial charge on any atom is 0.251 e. The van der Waals surface area contributed by atoms with Crippen LogP contribution in [0.5, 0.6) is 0 Å². The van der Waals surface area contributed by atoms with Gasteiger partial charge in [-0.2, -0.15) is 0 Å². The Morgan fingerprint density at radius 1 is 1.12 bits per heavy atom. The molecule has 1 aromatic carbocycles. The minimum absolute atomic E-state index is 0.0309. The van der Waals surface area contributed by atoms with E-state index in [4.69, 9.17) is 5.73 Å². The average molecular weight is 346 g/mol. The van der Waals surface area contributed by atoms with Crippen LogP contribution in [0.15, 0.2) is 30.3 Å². The van der Waals surface area contributed by atoms with E-state index in [-0.39, 0.29) is 36.7 Å². The van der Waals surface area contributed by atoms with E-state index in [2.05, 4.69) is 10.6 Å². The zero-order valence-electron chi connectivity index (χ0n) is 14.4. The van der Waals surface area contributed by atoms with Gasteiger partial charge in [0.2, 0.25) is 11.8 Å². The monoisotopic (exact) mass is 346 g/mol. The van der Waals surface area contributed by atoms with Crippen LogP contribution in [0.1, 0.15) is 36.0 Å². The Kier molecular flexibility index (Phi) is 7.40. The Morgan fingerprint density at radius 2 is 1.88 bits per heavy atom. The summed E-state index contributed by atoms with van der Waals surface area (Å²) < 4.78 is 0. The van der Waals surface area contributed by atoms with Crippen molar-refractivity contribution in [3.05, 3.63) is 35.9 Å². The second-order valence-electron chi connectivity index (χ2n) is 6.13. The predicted molar refractivity (Wildman–Crippen MR) is 94.8 cm³/mol. The average Bonchev–Trinajstić information content (AvgIpc) is 2.65. The number of hydrogen-bond acceptors (Lipinski definition) is 4. The highest BCUT2D eigenvalue weighted by molar-refractivity contribution is 5.96. The lowest BCUT2D eigenvalue weighted by molar-refractivity contribution is -0.134. The molecule has 0 spiro atoms. The maximum atomic E-state index is 12.5. The zero-order valence-corrected chi connectivity index (χ0v) is 14.4. The highest BCUT2D eigenvalue weighted by Gasteiger charge is 2.27. The van der Waals surface area contributed by atoms with Crippen LogP contribution < -0.4 is 16.4 Å². The first kappa shape index (κ1) is 18.9. The molecule has 1 saturated heterocycles. The summed E-state index contributed by atoms with van der Waals surface area (Å²) in [5.41, 5.74) is 5.89. The summed E-state index contributed by atoms with van der Waals surface area (Å²) in [5, 5.41) is 5.50. The second-order valence-corrected chi connectivity index (χ2v) is 6.13. The SMILES string of the molecule is NCCC(=O)NCC1CCCCN1C(=O)CNC(=O)c1ccccc1. The van der Waals surface area contributed by atoms with Crippen molar-refractivity contribution in [3.63, 3.8) is 0 Å². The van der Waals surface area contributed by atoms with E-state index in [1.54, 1.807) is 29.2 Å². The number of benzene rings is 1. The smallest absolute Gasteiger partial charge is 0.251 e. The summed E-state index contributed by atoms with van der Waals surface area (Å²) in [5.74, 6) is -0.487. The number of amides is 3. The molecular formula is C18H26N4O3. The summed E-state index contributed by atoms with van der Waals surface area (Å²) in [6.45, 7) is 1.35. The van der Waals surface area contributed by atoms with Crippen molar-refractivity contribution >= 4 is 17.7 Å². The molecule has 25 heavy (non-hydrogen) atoms. The van der Waals surface area contributed by atoms with Crippen molar-refractivity contribution in [3.8, 4) is 0 Å². The van der Waals surface area contributed by atoms with Gasteiger partial charge in [-0.3, -0.25) is 14.4 Å². The number of rotatable bonds is 7. The van der Waals surface area contributed by atoms with E-state index in [0.29, 0.717) is 25.2 Å². The highest BCUT2D eigenvalue weighted by Crippen LogP contribution is 2.16. The van der Waals surface area contributed by atoms with Gasteiger partial charge in [-0.1, -0.05) is 18.2 Å². The van der Waals surface area contributed by atoms with E-state index in [9.17, 15) is 14.4 Å². The van der Waals surface area contributed by atoms with Gasteiger partial charge in [0.15, 0.2) is 0 Å². The third kappa shape index (κ3) is 5.86. The first-order chi connectivity index (χ1) is 12.1. The molecule has 1 aromatic rings. The van der Waals surface area contributed by atoms with Crippen LogP contribution in [-0.4, -0.2) is 54.8 Å². The molecule has 1 unspecified atom stereocenters. The van der Waals surface area contributed by atoms with E-state index in [1.165, 1.54) is 0 Å². The van der Waals surface area contributed by atoms with Crippen molar-refractivity contribution in [1.82, 2.24) is 15.5 Å². The Labute approximate surface area is 147 Å². The molecule has 1 heterocycles. The van der Waals surface area contributed by atoms with Gasteiger partial charge in [-0.25, -0.2) is 0 Å². The van der Waals surface area contributed by atoms with E-state index < -0.39 is 0 Å². The number of carbonyl (C=O) groups is 3. The Balaban J connectivity index is 1.85. The Hall–Kier alpha value is -2.41. The van der Waals surface area contributed by atoms with Gasteiger partial charge >= 0.3 is 0 Å². The first-order valence-corrected chi connectivity index (χ1v) is 8.71. The van der Waals surface area contributed by atoms with Crippen molar-refractivity contribution < 1.29 is 14.4 Å². The molecule has 7 nitrogen and oxygen atoms in total. The summed E-state index contributed by atoms with van der Waals surface area (Å²) >= 11 is 0. The van der Waals surface area contributed by atoms with Crippen LogP contribution in [0.3, 0.4) is 0 Å². The fourth-order valence-corrected chi connectivity index (χ4v) is 2.94. The van der Waals surface area contributed by atoms with Gasteiger partial charge in [0, 0.05) is 37.7 Å². The van der Waals surface area contributed by atoms with Gasteiger partial charge in [0.05, 0.1) is 6.54 Å².